The molecular formula is C15H21FN2O4. The van der Waals surface area contributed by atoms with Crippen LogP contribution in [0.4, 0.5) is 9.28 Å². The van der Waals surface area contributed by atoms with Gasteiger partial charge in [0.15, 0.2) is 0 Å². The Labute approximate surface area is 129 Å². The number of halogens is 1. The van der Waals surface area contributed by atoms with Crippen molar-refractivity contribution in [3.05, 3.63) is 29.8 Å². The van der Waals surface area contributed by atoms with Crippen molar-refractivity contribution >= 4 is 12.1 Å². The van der Waals surface area contributed by atoms with E-state index in [1.807, 2.05) is 0 Å². The zero-order chi connectivity index (χ0) is 16.7. The standard InChI is InChI=1S/C15H21FN2O4/c1-10(2)21-14(19)13(17-16)9-11-5-7-12(8-6-11)22-15(20)18(3)4/h5-8,10,13,17H,9H2,1-4H3/t13-/m0/s1. The molecule has 0 radical (unpaired) electrons. The molecule has 6 nitrogen and oxygen atoms in total. The number of nitrogens with zero attached hydrogens (tertiary/aromatic N) is 1. The number of nitrogens with one attached hydrogen (secondary N) is 1. The van der Waals surface area contributed by atoms with Gasteiger partial charge < -0.3 is 14.4 Å². The van der Waals surface area contributed by atoms with E-state index in [4.69, 9.17) is 9.47 Å². The highest BCUT2D eigenvalue weighted by Crippen LogP contribution is 2.15. The van der Waals surface area contributed by atoms with Crippen LogP contribution >= 0.6 is 0 Å². The molecular weight excluding hydrogens is 291 g/mol. The lowest BCUT2D eigenvalue weighted by atomic mass is 10.1. The molecule has 0 heterocycles. The van der Waals surface area contributed by atoms with Crippen molar-refractivity contribution < 1.29 is 23.5 Å². The molecule has 0 fully saturated rings. The molecule has 0 saturated heterocycles. The van der Waals surface area contributed by atoms with Crippen LogP contribution in [0.1, 0.15) is 19.4 Å². The minimum absolute atomic E-state index is 0.129. The Balaban J connectivity index is 2.66. The maximum Gasteiger partial charge on any atom is 0.414 e. The van der Waals surface area contributed by atoms with Gasteiger partial charge in [-0.3, -0.25) is 4.79 Å². The summed E-state index contributed by atoms with van der Waals surface area (Å²) in [4.78, 5) is 24.4. The number of amides is 1. The lowest BCUT2D eigenvalue weighted by Gasteiger charge is -2.15. The molecule has 0 aliphatic heterocycles. The number of hydrogen-bond acceptors (Lipinski definition) is 5. The summed E-state index contributed by atoms with van der Waals surface area (Å²) in [5, 5.41) is 0. The number of carbonyl (C=O) groups is 2. The van der Waals surface area contributed by atoms with Crippen molar-refractivity contribution in [3.63, 3.8) is 0 Å². The molecule has 1 N–H and O–H groups in total. The molecule has 122 valence electrons. The highest BCUT2D eigenvalue weighted by molar-refractivity contribution is 5.76. The Morgan fingerprint density at radius 3 is 2.27 bits per heavy atom. The third-order valence-electron chi connectivity index (χ3n) is 2.70. The number of carbonyl (C=O) groups excluding carboxylic acids is 2. The van der Waals surface area contributed by atoms with Gasteiger partial charge in [-0.05, 0) is 31.5 Å². The summed E-state index contributed by atoms with van der Waals surface area (Å²) in [5.41, 5.74) is 2.16. The van der Waals surface area contributed by atoms with Crippen molar-refractivity contribution in [1.29, 1.82) is 0 Å². The van der Waals surface area contributed by atoms with Crippen molar-refractivity contribution in [3.8, 4) is 5.75 Å². The quantitative estimate of drug-likeness (QED) is 0.643. The molecule has 1 aromatic carbocycles. The van der Waals surface area contributed by atoms with Crippen LogP contribution in [0.15, 0.2) is 24.3 Å². The fraction of sp³-hybridized carbons (Fsp3) is 0.467. The van der Waals surface area contributed by atoms with Gasteiger partial charge in [-0.2, -0.15) is 0 Å². The van der Waals surface area contributed by atoms with Crippen molar-refractivity contribution in [2.24, 2.45) is 0 Å². The molecule has 0 unspecified atom stereocenters. The van der Waals surface area contributed by atoms with Crippen LogP contribution in [0.5, 0.6) is 5.75 Å². The Morgan fingerprint density at radius 1 is 1.23 bits per heavy atom. The second kappa shape index (κ2) is 8.33. The lowest BCUT2D eigenvalue weighted by molar-refractivity contribution is -0.151. The summed E-state index contributed by atoms with van der Waals surface area (Å²) < 4.78 is 22.8. The van der Waals surface area contributed by atoms with Crippen molar-refractivity contribution in [2.45, 2.75) is 32.4 Å². The van der Waals surface area contributed by atoms with Gasteiger partial charge in [-0.15, -0.1) is 10.0 Å². The normalized spacial score (nSPS) is 11.9. The fourth-order valence-corrected chi connectivity index (χ4v) is 1.60. The number of ether oxygens (including phenoxy) is 2. The maximum absolute atomic E-state index is 12.8. The molecule has 0 spiro atoms. The molecule has 0 bridgehead atoms. The first-order valence-corrected chi connectivity index (χ1v) is 6.88. The first-order chi connectivity index (χ1) is 10.3. The third-order valence-corrected chi connectivity index (χ3v) is 2.70. The maximum atomic E-state index is 12.8. The summed E-state index contributed by atoms with van der Waals surface area (Å²) in [7, 11) is 3.16. The van der Waals surface area contributed by atoms with Crippen LogP contribution in [-0.4, -0.2) is 43.2 Å². The van der Waals surface area contributed by atoms with Crippen LogP contribution in [-0.2, 0) is 16.0 Å². The summed E-state index contributed by atoms with van der Waals surface area (Å²) in [6.45, 7) is 3.39. The molecule has 0 aliphatic rings. The van der Waals surface area contributed by atoms with E-state index in [2.05, 4.69) is 0 Å². The van der Waals surface area contributed by atoms with E-state index in [1.54, 1.807) is 52.2 Å². The molecule has 0 aliphatic carbocycles. The van der Waals surface area contributed by atoms with Crippen LogP contribution in [0, 0.1) is 0 Å². The second-order valence-corrected chi connectivity index (χ2v) is 5.26. The molecule has 0 aromatic heterocycles. The number of rotatable bonds is 6. The van der Waals surface area contributed by atoms with Crippen molar-refractivity contribution in [2.75, 3.05) is 14.1 Å². The van der Waals surface area contributed by atoms with Gasteiger partial charge in [-0.1, -0.05) is 12.1 Å². The smallest absolute Gasteiger partial charge is 0.414 e. The summed E-state index contributed by atoms with van der Waals surface area (Å²) >= 11 is 0. The largest absolute Gasteiger partial charge is 0.462 e. The van der Waals surface area contributed by atoms with E-state index in [9.17, 15) is 14.1 Å². The number of esters is 1. The van der Waals surface area contributed by atoms with Gasteiger partial charge in [0.1, 0.15) is 11.8 Å². The van der Waals surface area contributed by atoms with E-state index in [0.29, 0.717) is 11.3 Å². The Bertz CT molecular complexity index is 503. The van der Waals surface area contributed by atoms with E-state index in [-0.39, 0.29) is 12.5 Å². The van der Waals surface area contributed by atoms with E-state index in [1.165, 1.54) is 10.4 Å². The summed E-state index contributed by atoms with van der Waals surface area (Å²) in [6.07, 6.45) is -0.669. The summed E-state index contributed by atoms with van der Waals surface area (Å²) in [5.74, 6) is -0.280. The highest BCUT2D eigenvalue weighted by atomic mass is 19.2. The highest BCUT2D eigenvalue weighted by Gasteiger charge is 2.21. The lowest BCUT2D eigenvalue weighted by Crippen LogP contribution is -2.36. The Morgan fingerprint density at radius 2 is 1.82 bits per heavy atom. The molecule has 1 rings (SSSR count). The number of hydrogen-bond donors (Lipinski definition) is 1. The van der Waals surface area contributed by atoms with Gasteiger partial charge in [0.2, 0.25) is 0 Å². The minimum atomic E-state index is -1.07. The summed E-state index contributed by atoms with van der Waals surface area (Å²) in [6, 6.07) is 5.41. The molecule has 1 atom stereocenters. The van der Waals surface area contributed by atoms with Gasteiger partial charge in [0, 0.05) is 20.5 Å². The van der Waals surface area contributed by atoms with E-state index < -0.39 is 18.1 Å². The van der Waals surface area contributed by atoms with Crippen LogP contribution in [0.2, 0.25) is 0 Å². The predicted octanol–water partition coefficient (Wildman–Crippen LogP) is 2.08. The van der Waals surface area contributed by atoms with Gasteiger partial charge in [0.25, 0.3) is 0 Å². The fourth-order valence-electron chi connectivity index (χ4n) is 1.60. The molecule has 22 heavy (non-hydrogen) atoms. The third kappa shape index (κ3) is 5.69. The topological polar surface area (TPSA) is 67.9 Å². The van der Waals surface area contributed by atoms with E-state index in [0.717, 1.165) is 0 Å². The molecule has 1 aromatic rings. The van der Waals surface area contributed by atoms with Crippen LogP contribution in [0.25, 0.3) is 0 Å². The average Bonchev–Trinajstić information content (AvgIpc) is 2.45. The second-order valence-electron chi connectivity index (χ2n) is 5.26. The monoisotopic (exact) mass is 312 g/mol. The SMILES string of the molecule is CC(C)OC(=O)[C@H](Cc1ccc(OC(=O)N(C)C)cc1)NF. The zero-order valence-electron chi connectivity index (χ0n) is 13.1. The average molecular weight is 312 g/mol. The molecule has 0 saturated carbocycles. The van der Waals surface area contributed by atoms with Crippen LogP contribution in [0.3, 0.4) is 0 Å². The Hall–Kier alpha value is -2.15. The predicted molar refractivity (Wildman–Crippen MR) is 79.1 cm³/mol. The van der Waals surface area contributed by atoms with Crippen molar-refractivity contribution in [1.82, 2.24) is 10.4 Å². The molecule has 1 amide bonds. The zero-order valence-corrected chi connectivity index (χ0v) is 13.1. The van der Waals surface area contributed by atoms with Gasteiger partial charge in [-0.25, -0.2) is 4.79 Å². The Kier molecular flexibility index (Phi) is 6.78. The van der Waals surface area contributed by atoms with Gasteiger partial charge in [0.05, 0.1) is 6.10 Å². The van der Waals surface area contributed by atoms with Crippen LogP contribution < -0.4 is 10.3 Å². The van der Waals surface area contributed by atoms with E-state index >= 15 is 0 Å². The first-order valence-electron chi connectivity index (χ1n) is 6.88. The van der Waals surface area contributed by atoms with Gasteiger partial charge >= 0.3 is 12.1 Å². The minimum Gasteiger partial charge on any atom is -0.462 e. The number of benzene rings is 1. The first kappa shape index (κ1) is 17.9. The molecule has 7 heteroatoms.